The van der Waals surface area contributed by atoms with Crippen molar-refractivity contribution in [3.8, 4) is 0 Å². The number of hydrogen-bond donors (Lipinski definition) is 1. The SMILES string of the molecule is CN1CCC(N(C)C2(CN)CCC(C)(C)CC2)CC1. The fourth-order valence-electron chi connectivity index (χ4n) is 3.86. The first-order chi connectivity index (χ1) is 8.88. The summed E-state index contributed by atoms with van der Waals surface area (Å²) in [6.07, 6.45) is 7.80. The molecule has 1 aliphatic heterocycles. The van der Waals surface area contributed by atoms with Crippen LogP contribution in [0.25, 0.3) is 0 Å². The molecule has 0 unspecified atom stereocenters. The van der Waals surface area contributed by atoms with Crippen LogP contribution in [0.15, 0.2) is 0 Å². The Kier molecular flexibility index (Phi) is 4.59. The van der Waals surface area contributed by atoms with Crippen molar-refractivity contribution in [1.29, 1.82) is 0 Å². The number of likely N-dealkylation sites (tertiary alicyclic amines) is 1. The Morgan fingerprint density at radius 2 is 1.63 bits per heavy atom. The van der Waals surface area contributed by atoms with Crippen molar-refractivity contribution in [1.82, 2.24) is 9.80 Å². The van der Waals surface area contributed by atoms with Crippen LogP contribution in [0.5, 0.6) is 0 Å². The van der Waals surface area contributed by atoms with E-state index in [1.807, 2.05) is 0 Å². The van der Waals surface area contributed by atoms with Gasteiger partial charge in [-0.1, -0.05) is 13.8 Å². The molecule has 1 saturated heterocycles. The van der Waals surface area contributed by atoms with Gasteiger partial charge in [0.15, 0.2) is 0 Å². The predicted molar refractivity (Wildman–Crippen MR) is 82.3 cm³/mol. The van der Waals surface area contributed by atoms with Crippen LogP contribution in [-0.2, 0) is 0 Å². The summed E-state index contributed by atoms with van der Waals surface area (Å²) in [6, 6.07) is 0.737. The van der Waals surface area contributed by atoms with E-state index in [1.54, 1.807) is 0 Å². The number of likely N-dealkylation sites (N-methyl/N-ethyl adjacent to an activating group) is 1. The van der Waals surface area contributed by atoms with Gasteiger partial charge < -0.3 is 10.6 Å². The molecule has 0 aromatic heterocycles. The normalized spacial score (nSPS) is 28.7. The number of hydrogen-bond acceptors (Lipinski definition) is 3. The smallest absolute Gasteiger partial charge is 0.0332 e. The third kappa shape index (κ3) is 3.32. The van der Waals surface area contributed by atoms with Gasteiger partial charge in [-0.15, -0.1) is 0 Å². The first-order valence-electron chi connectivity index (χ1n) is 8.00. The van der Waals surface area contributed by atoms with Crippen LogP contribution in [0.3, 0.4) is 0 Å². The van der Waals surface area contributed by atoms with Gasteiger partial charge in [0, 0.05) is 18.1 Å². The van der Waals surface area contributed by atoms with Crippen molar-refractivity contribution >= 4 is 0 Å². The molecule has 2 rings (SSSR count). The lowest BCUT2D eigenvalue weighted by molar-refractivity contribution is -0.00466. The van der Waals surface area contributed by atoms with Crippen molar-refractivity contribution < 1.29 is 0 Å². The number of nitrogens with two attached hydrogens (primary N) is 1. The van der Waals surface area contributed by atoms with Gasteiger partial charge >= 0.3 is 0 Å². The van der Waals surface area contributed by atoms with Crippen LogP contribution in [0.2, 0.25) is 0 Å². The third-order valence-electron chi connectivity index (χ3n) is 5.90. The highest BCUT2D eigenvalue weighted by Gasteiger charge is 2.42. The Labute approximate surface area is 119 Å². The topological polar surface area (TPSA) is 32.5 Å². The maximum Gasteiger partial charge on any atom is 0.0332 e. The Morgan fingerprint density at radius 3 is 2.11 bits per heavy atom. The zero-order valence-corrected chi connectivity index (χ0v) is 13.4. The zero-order chi connectivity index (χ0) is 14.1. The molecule has 19 heavy (non-hydrogen) atoms. The molecule has 2 aliphatic rings. The van der Waals surface area contributed by atoms with Gasteiger partial charge in [-0.2, -0.15) is 0 Å². The molecule has 0 spiro atoms. The lowest BCUT2D eigenvalue weighted by Gasteiger charge is -2.52. The fraction of sp³-hybridized carbons (Fsp3) is 1.00. The van der Waals surface area contributed by atoms with E-state index >= 15 is 0 Å². The minimum absolute atomic E-state index is 0.274. The molecule has 2 fully saturated rings. The standard InChI is InChI=1S/C16H33N3/c1-15(2)7-9-16(13-17,10-8-15)19(4)14-5-11-18(3)12-6-14/h14H,5-13,17H2,1-4H3. The zero-order valence-electron chi connectivity index (χ0n) is 13.4. The predicted octanol–water partition coefficient (Wildman–Crippen LogP) is 2.31. The van der Waals surface area contributed by atoms with E-state index in [-0.39, 0.29) is 5.54 Å². The summed E-state index contributed by atoms with van der Waals surface area (Å²) in [6.45, 7) is 8.11. The van der Waals surface area contributed by atoms with E-state index in [2.05, 4.69) is 37.7 Å². The summed E-state index contributed by atoms with van der Waals surface area (Å²) in [5.74, 6) is 0. The van der Waals surface area contributed by atoms with Crippen LogP contribution in [0.4, 0.5) is 0 Å². The molecule has 1 saturated carbocycles. The highest BCUT2D eigenvalue weighted by Crippen LogP contribution is 2.43. The van der Waals surface area contributed by atoms with Crippen molar-refractivity contribution in [3.05, 3.63) is 0 Å². The van der Waals surface area contributed by atoms with E-state index < -0.39 is 0 Å². The minimum Gasteiger partial charge on any atom is -0.329 e. The molecule has 0 atom stereocenters. The average molecular weight is 267 g/mol. The summed E-state index contributed by atoms with van der Waals surface area (Å²) in [7, 11) is 4.57. The Balaban J connectivity index is 2.01. The van der Waals surface area contributed by atoms with Gasteiger partial charge in [0.1, 0.15) is 0 Å². The minimum atomic E-state index is 0.274. The van der Waals surface area contributed by atoms with Crippen LogP contribution in [0, 0.1) is 5.41 Å². The van der Waals surface area contributed by atoms with E-state index in [0.717, 1.165) is 12.6 Å². The molecule has 0 amide bonds. The molecular formula is C16H33N3. The van der Waals surface area contributed by atoms with Crippen LogP contribution >= 0.6 is 0 Å². The second-order valence-electron chi connectivity index (χ2n) is 7.74. The quantitative estimate of drug-likeness (QED) is 0.852. The maximum atomic E-state index is 6.21. The Morgan fingerprint density at radius 1 is 1.11 bits per heavy atom. The van der Waals surface area contributed by atoms with Gasteiger partial charge in [-0.3, -0.25) is 4.90 Å². The van der Waals surface area contributed by atoms with Crippen LogP contribution in [0.1, 0.15) is 52.4 Å². The monoisotopic (exact) mass is 267 g/mol. The molecule has 0 aromatic rings. The summed E-state index contributed by atoms with van der Waals surface area (Å²) >= 11 is 0. The summed E-state index contributed by atoms with van der Waals surface area (Å²) in [5, 5.41) is 0. The Hall–Kier alpha value is -0.120. The Bertz CT molecular complexity index is 282. The van der Waals surface area contributed by atoms with E-state index in [0.29, 0.717) is 5.41 Å². The molecule has 0 aromatic carbocycles. The van der Waals surface area contributed by atoms with Crippen LogP contribution in [-0.4, -0.2) is 55.1 Å². The van der Waals surface area contributed by atoms with Gasteiger partial charge in [0.2, 0.25) is 0 Å². The van der Waals surface area contributed by atoms with Gasteiger partial charge in [-0.05, 0) is 71.1 Å². The van der Waals surface area contributed by atoms with Gasteiger partial charge in [0.05, 0.1) is 0 Å². The first-order valence-corrected chi connectivity index (χ1v) is 8.00. The van der Waals surface area contributed by atoms with Crippen molar-refractivity contribution in [2.45, 2.75) is 64.0 Å². The van der Waals surface area contributed by atoms with Crippen molar-refractivity contribution in [2.75, 3.05) is 33.7 Å². The lowest BCUT2D eigenvalue weighted by atomic mass is 9.68. The van der Waals surface area contributed by atoms with E-state index in [4.69, 9.17) is 5.73 Å². The highest BCUT2D eigenvalue weighted by atomic mass is 15.2. The lowest BCUT2D eigenvalue weighted by Crippen LogP contribution is -2.59. The molecule has 112 valence electrons. The number of nitrogens with zero attached hydrogens (tertiary/aromatic N) is 2. The molecule has 3 heteroatoms. The summed E-state index contributed by atoms with van der Waals surface area (Å²) < 4.78 is 0. The molecular weight excluding hydrogens is 234 g/mol. The maximum absolute atomic E-state index is 6.21. The largest absolute Gasteiger partial charge is 0.329 e. The van der Waals surface area contributed by atoms with Crippen LogP contribution < -0.4 is 5.73 Å². The average Bonchev–Trinajstić information content (AvgIpc) is 2.40. The molecule has 1 heterocycles. The highest BCUT2D eigenvalue weighted by molar-refractivity contribution is 4.99. The second-order valence-corrected chi connectivity index (χ2v) is 7.74. The molecule has 3 nitrogen and oxygen atoms in total. The molecule has 2 N–H and O–H groups in total. The van der Waals surface area contributed by atoms with Crippen molar-refractivity contribution in [3.63, 3.8) is 0 Å². The van der Waals surface area contributed by atoms with Crippen molar-refractivity contribution in [2.24, 2.45) is 11.1 Å². The number of piperidine rings is 1. The number of rotatable bonds is 3. The molecule has 0 bridgehead atoms. The molecule has 1 aliphatic carbocycles. The first kappa shape index (κ1) is 15.3. The molecule has 0 radical (unpaired) electrons. The third-order valence-corrected chi connectivity index (χ3v) is 5.90. The van der Waals surface area contributed by atoms with Gasteiger partial charge in [-0.25, -0.2) is 0 Å². The summed E-state index contributed by atoms with van der Waals surface area (Å²) in [4.78, 5) is 5.11. The van der Waals surface area contributed by atoms with E-state index in [1.165, 1.54) is 51.6 Å². The fourth-order valence-corrected chi connectivity index (χ4v) is 3.86. The van der Waals surface area contributed by atoms with Gasteiger partial charge in [0.25, 0.3) is 0 Å². The summed E-state index contributed by atoms with van der Waals surface area (Å²) in [5.41, 5.74) is 7.00. The van der Waals surface area contributed by atoms with E-state index in [9.17, 15) is 0 Å². The second kappa shape index (κ2) is 5.71.